The molecular weight excluding hydrogens is 371 g/mol. The third kappa shape index (κ3) is 4.26. The molecule has 0 N–H and O–H groups in total. The summed E-state index contributed by atoms with van der Waals surface area (Å²) in [5, 5.41) is 0.771. The molecule has 1 aromatic heterocycles. The minimum Gasteiger partial charge on any atom is -0.443 e. The maximum Gasteiger partial charge on any atom is 0.421 e. The maximum absolute atomic E-state index is 12.7. The quantitative estimate of drug-likeness (QED) is 0.639. The number of nitrogens with zero attached hydrogens (tertiary/aromatic N) is 2. The molecular formula is C16H16Cl2N2O3S. The van der Waals surface area contributed by atoms with Crippen molar-refractivity contribution in [2.24, 2.45) is 0 Å². The SMILES string of the molecule is Cc1ccc(N(C(=O)OC(C)(C)C)c2nc(Cl)c(C=O)s2)cc1Cl. The van der Waals surface area contributed by atoms with Gasteiger partial charge in [0.15, 0.2) is 11.4 Å². The van der Waals surface area contributed by atoms with Crippen LogP contribution in [0.1, 0.15) is 36.0 Å². The van der Waals surface area contributed by atoms with Gasteiger partial charge in [-0.3, -0.25) is 4.79 Å². The van der Waals surface area contributed by atoms with Crippen LogP contribution < -0.4 is 4.90 Å². The summed E-state index contributed by atoms with van der Waals surface area (Å²) in [5.74, 6) is 0. The predicted molar refractivity (Wildman–Crippen MR) is 97.1 cm³/mol. The zero-order chi connectivity index (χ0) is 18.1. The fourth-order valence-electron chi connectivity index (χ4n) is 1.79. The summed E-state index contributed by atoms with van der Waals surface area (Å²) in [7, 11) is 0. The Bertz CT molecular complexity index is 784. The summed E-state index contributed by atoms with van der Waals surface area (Å²) in [6.07, 6.45) is -0.0379. The van der Waals surface area contributed by atoms with Gasteiger partial charge in [-0.25, -0.2) is 14.7 Å². The van der Waals surface area contributed by atoms with Crippen LogP contribution in [0.4, 0.5) is 15.6 Å². The molecule has 0 aliphatic rings. The number of rotatable bonds is 3. The molecule has 0 aliphatic carbocycles. The molecule has 0 saturated carbocycles. The lowest BCUT2D eigenvalue weighted by atomic mass is 10.2. The average Bonchev–Trinajstić information content (AvgIpc) is 2.81. The fourth-order valence-corrected chi connectivity index (χ4v) is 3.04. The molecule has 24 heavy (non-hydrogen) atoms. The van der Waals surface area contributed by atoms with E-state index >= 15 is 0 Å². The minimum atomic E-state index is -0.696. The molecule has 0 fully saturated rings. The largest absolute Gasteiger partial charge is 0.443 e. The Hall–Kier alpha value is -1.63. The van der Waals surface area contributed by atoms with Crippen molar-refractivity contribution in [2.75, 3.05) is 4.90 Å². The van der Waals surface area contributed by atoms with E-state index in [4.69, 9.17) is 27.9 Å². The van der Waals surface area contributed by atoms with Crippen LogP contribution in [0.3, 0.4) is 0 Å². The van der Waals surface area contributed by atoms with Gasteiger partial charge in [-0.2, -0.15) is 0 Å². The number of ether oxygens (including phenoxy) is 1. The lowest BCUT2D eigenvalue weighted by molar-refractivity contribution is 0.0599. The van der Waals surface area contributed by atoms with Crippen molar-refractivity contribution in [1.82, 2.24) is 4.98 Å². The molecule has 0 aliphatic heterocycles. The number of aromatic nitrogens is 1. The van der Waals surface area contributed by atoms with Crippen molar-refractivity contribution in [3.63, 3.8) is 0 Å². The Kier molecular flexibility index (Phi) is 5.52. The van der Waals surface area contributed by atoms with E-state index in [2.05, 4.69) is 4.98 Å². The molecule has 1 amide bonds. The Balaban J connectivity index is 2.53. The highest BCUT2D eigenvalue weighted by atomic mass is 35.5. The molecule has 0 bridgehead atoms. The van der Waals surface area contributed by atoms with Gasteiger partial charge in [-0.05, 0) is 45.4 Å². The van der Waals surface area contributed by atoms with Gasteiger partial charge in [0.2, 0.25) is 5.13 Å². The lowest BCUT2D eigenvalue weighted by Gasteiger charge is -2.26. The van der Waals surface area contributed by atoms with Crippen molar-refractivity contribution in [1.29, 1.82) is 0 Å². The Morgan fingerprint density at radius 2 is 2.00 bits per heavy atom. The van der Waals surface area contributed by atoms with Crippen LogP contribution in [0.5, 0.6) is 0 Å². The number of aldehydes is 1. The molecule has 128 valence electrons. The van der Waals surface area contributed by atoms with Gasteiger partial charge in [0.05, 0.1) is 5.69 Å². The van der Waals surface area contributed by atoms with E-state index in [1.165, 1.54) is 4.90 Å². The van der Waals surface area contributed by atoms with Gasteiger partial charge in [-0.1, -0.05) is 40.6 Å². The summed E-state index contributed by atoms with van der Waals surface area (Å²) < 4.78 is 5.44. The number of amides is 1. The van der Waals surface area contributed by atoms with E-state index in [-0.39, 0.29) is 15.2 Å². The summed E-state index contributed by atoms with van der Waals surface area (Å²) >= 11 is 13.1. The number of halogens is 2. The topological polar surface area (TPSA) is 59.5 Å². The number of hydrogen-bond acceptors (Lipinski definition) is 5. The molecule has 8 heteroatoms. The standard InChI is InChI=1S/C16H16Cl2N2O3S/c1-9-5-6-10(7-11(9)17)20(15(22)23-16(2,3)4)14-19-13(18)12(8-21)24-14/h5-8H,1-4H3. The van der Waals surface area contributed by atoms with E-state index in [0.29, 0.717) is 17.0 Å². The van der Waals surface area contributed by atoms with E-state index in [9.17, 15) is 9.59 Å². The van der Waals surface area contributed by atoms with Crippen molar-refractivity contribution in [2.45, 2.75) is 33.3 Å². The average molecular weight is 387 g/mol. The highest BCUT2D eigenvalue weighted by Crippen LogP contribution is 2.35. The van der Waals surface area contributed by atoms with Crippen LogP contribution in [0, 0.1) is 6.92 Å². The molecule has 0 atom stereocenters. The van der Waals surface area contributed by atoms with Gasteiger partial charge in [0.1, 0.15) is 10.5 Å². The molecule has 5 nitrogen and oxygen atoms in total. The number of aryl methyl sites for hydroxylation is 1. The van der Waals surface area contributed by atoms with E-state index in [1.807, 2.05) is 6.92 Å². The second-order valence-electron chi connectivity index (χ2n) is 6.02. The summed E-state index contributed by atoms with van der Waals surface area (Å²) in [4.78, 5) is 29.3. The number of anilines is 2. The van der Waals surface area contributed by atoms with E-state index in [1.54, 1.807) is 39.0 Å². The second-order valence-corrected chi connectivity index (χ2v) is 7.79. The highest BCUT2D eigenvalue weighted by molar-refractivity contribution is 7.18. The van der Waals surface area contributed by atoms with Crippen molar-refractivity contribution < 1.29 is 14.3 Å². The third-order valence-corrected chi connectivity index (χ3v) is 4.66. The number of thiazole rings is 1. The Labute approximate surface area is 154 Å². The van der Waals surface area contributed by atoms with Crippen molar-refractivity contribution in [3.05, 3.63) is 38.8 Å². The van der Waals surface area contributed by atoms with Crippen molar-refractivity contribution in [3.8, 4) is 0 Å². The molecule has 2 aromatic rings. The molecule has 0 saturated heterocycles. The Morgan fingerprint density at radius 1 is 1.33 bits per heavy atom. The highest BCUT2D eigenvalue weighted by Gasteiger charge is 2.28. The fraction of sp³-hybridized carbons (Fsp3) is 0.312. The zero-order valence-electron chi connectivity index (χ0n) is 13.6. The number of benzene rings is 1. The van der Waals surface area contributed by atoms with Crippen LogP contribution in [0.2, 0.25) is 10.2 Å². The van der Waals surface area contributed by atoms with Crippen LogP contribution in [-0.2, 0) is 4.74 Å². The lowest BCUT2D eigenvalue weighted by Crippen LogP contribution is -2.33. The van der Waals surface area contributed by atoms with Crippen LogP contribution in [0.15, 0.2) is 18.2 Å². The molecule has 1 heterocycles. The molecule has 0 radical (unpaired) electrons. The van der Waals surface area contributed by atoms with Gasteiger partial charge in [0, 0.05) is 5.02 Å². The van der Waals surface area contributed by atoms with Crippen LogP contribution in [-0.4, -0.2) is 23.0 Å². The van der Waals surface area contributed by atoms with Crippen LogP contribution in [0.25, 0.3) is 0 Å². The van der Waals surface area contributed by atoms with Gasteiger partial charge < -0.3 is 4.74 Å². The molecule has 0 unspecified atom stereocenters. The third-order valence-electron chi connectivity index (χ3n) is 2.89. The predicted octanol–water partition coefficient (Wildman–Crippen LogP) is 5.64. The molecule has 0 spiro atoms. The first-order chi connectivity index (χ1) is 11.1. The van der Waals surface area contributed by atoms with Gasteiger partial charge in [0.25, 0.3) is 0 Å². The second kappa shape index (κ2) is 7.09. The van der Waals surface area contributed by atoms with Crippen LogP contribution >= 0.6 is 34.5 Å². The number of carbonyl (C=O) groups is 2. The smallest absolute Gasteiger partial charge is 0.421 e. The number of carbonyl (C=O) groups excluding carboxylic acids is 2. The molecule has 1 aromatic carbocycles. The number of hydrogen-bond donors (Lipinski definition) is 0. The summed E-state index contributed by atoms with van der Waals surface area (Å²) in [5.41, 5.74) is 0.649. The monoisotopic (exact) mass is 386 g/mol. The van der Waals surface area contributed by atoms with Crippen molar-refractivity contribution >= 4 is 57.7 Å². The first-order valence-electron chi connectivity index (χ1n) is 7.03. The first-order valence-corrected chi connectivity index (χ1v) is 8.60. The maximum atomic E-state index is 12.7. The van der Waals surface area contributed by atoms with Gasteiger partial charge >= 0.3 is 6.09 Å². The van der Waals surface area contributed by atoms with Gasteiger partial charge in [-0.15, -0.1) is 0 Å². The van der Waals surface area contributed by atoms with E-state index < -0.39 is 11.7 Å². The Morgan fingerprint density at radius 3 is 2.50 bits per heavy atom. The normalized spacial score (nSPS) is 11.2. The minimum absolute atomic E-state index is 0.0387. The van der Waals surface area contributed by atoms with E-state index in [0.717, 1.165) is 16.9 Å². The molecule has 2 rings (SSSR count). The summed E-state index contributed by atoms with van der Waals surface area (Å²) in [6.45, 7) is 7.14. The zero-order valence-corrected chi connectivity index (χ0v) is 15.9. The first kappa shape index (κ1) is 18.7. The summed E-state index contributed by atoms with van der Waals surface area (Å²) in [6, 6.07) is 5.14.